The molecule has 1 rings (SSSR count). The molecule has 0 saturated heterocycles. The number of hydrogen-bond donors (Lipinski definition) is 1. The molecule has 0 aliphatic heterocycles. The molecular formula is C14H24N2. The first-order valence-corrected chi connectivity index (χ1v) is 5.92. The normalized spacial score (nSPS) is 12.9. The molecule has 90 valence electrons. The average molecular weight is 220 g/mol. The van der Waals surface area contributed by atoms with Crippen molar-refractivity contribution >= 4 is 0 Å². The minimum Gasteiger partial charge on any atom is -0.326 e. The van der Waals surface area contributed by atoms with Gasteiger partial charge in [-0.05, 0) is 43.2 Å². The van der Waals surface area contributed by atoms with Crippen LogP contribution in [0.3, 0.4) is 0 Å². The topological polar surface area (TPSA) is 38.9 Å². The van der Waals surface area contributed by atoms with E-state index in [1.165, 1.54) is 11.1 Å². The summed E-state index contributed by atoms with van der Waals surface area (Å²) in [6.45, 7) is 10.8. The van der Waals surface area contributed by atoms with E-state index in [4.69, 9.17) is 5.73 Å². The van der Waals surface area contributed by atoms with Crippen LogP contribution in [0.25, 0.3) is 0 Å². The maximum atomic E-state index is 5.99. The van der Waals surface area contributed by atoms with Crippen molar-refractivity contribution in [3.8, 4) is 0 Å². The largest absolute Gasteiger partial charge is 0.326 e. The second-order valence-corrected chi connectivity index (χ2v) is 6.32. The van der Waals surface area contributed by atoms with Gasteiger partial charge in [0.05, 0.1) is 0 Å². The summed E-state index contributed by atoms with van der Waals surface area (Å²) in [4.78, 5) is 4.31. The van der Waals surface area contributed by atoms with Crippen LogP contribution in [0.5, 0.6) is 0 Å². The first-order chi connectivity index (χ1) is 7.18. The van der Waals surface area contributed by atoms with Crippen LogP contribution >= 0.6 is 0 Å². The van der Waals surface area contributed by atoms with Crippen molar-refractivity contribution in [2.45, 2.75) is 58.4 Å². The summed E-state index contributed by atoms with van der Waals surface area (Å²) in [5, 5.41) is 0. The highest BCUT2D eigenvalue weighted by molar-refractivity contribution is 5.24. The molecule has 2 N–H and O–H groups in total. The summed E-state index contributed by atoms with van der Waals surface area (Å²) in [7, 11) is 0. The fourth-order valence-corrected chi connectivity index (χ4v) is 1.50. The Balaban J connectivity index is 2.76. The Morgan fingerprint density at radius 3 is 2.25 bits per heavy atom. The van der Waals surface area contributed by atoms with Gasteiger partial charge in [-0.3, -0.25) is 4.98 Å². The van der Waals surface area contributed by atoms with E-state index in [9.17, 15) is 0 Å². The Bertz CT molecular complexity index is 342. The quantitative estimate of drug-likeness (QED) is 0.850. The average Bonchev–Trinajstić information content (AvgIpc) is 2.13. The molecular weight excluding hydrogens is 196 g/mol. The van der Waals surface area contributed by atoms with Gasteiger partial charge in [-0.1, -0.05) is 26.8 Å². The van der Waals surface area contributed by atoms with E-state index in [-0.39, 0.29) is 11.0 Å². The third-order valence-electron chi connectivity index (χ3n) is 2.72. The fourth-order valence-electron chi connectivity index (χ4n) is 1.50. The highest BCUT2D eigenvalue weighted by Gasteiger charge is 2.15. The van der Waals surface area contributed by atoms with Crippen LogP contribution < -0.4 is 5.73 Å². The van der Waals surface area contributed by atoms with E-state index in [0.29, 0.717) is 0 Å². The second-order valence-electron chi connectivity index (χ2n) is 6.32. The number of nitrogens with two attached hydrogens (primary N) is 1. The van der Waals surface area contributed by atoms with Crippen molar-refractivity contribution in [3.63, 3.8) is 0 Å². The van der Waals surface area contributed by atoms with Crippen LogP contribution in [-0.2, 0) is 11.8 Å². The molecule has 0 saturated carbocycles. The molecule has 0 fully saturated rings. The van der Waals surface area contributed by atoms with Crippen LogP contribution in [0.15, 0.2) is 18.5 Å². The van der Waals surface area contributed by atoms with E-state index in [1.54, 1.807) is 0 Å². The van der Waals surface area contributed by atoms with Gasteiger partial charge < -0.3 is 5.73 Å². The molecule has 1 heterocycles. The lowest BCUT2D eigenvalue weighted by molar-refractivity contribution is 0.476. The molecule has 0 atom stereocenters. The molecule has 0 aliphatic rings. The number of hydrogen-bond acceptors (Lipinski definition) is 2. The zero-order valence-corrected chi connectivity index (χ0v) is 11.2. The minimum atomic E-state index is -0.0995. The zero-order chi connectivity index (χ0) is 12.4. The Morgan fingerprint density at radius 2 is 1.75 bits per heavy atom. The molecule has 16 heavy (non-hydrogen) atoms. The molecule has 0 aromatic carbocycles. The van der Waals surface area contributed by atoms with Crippen LogP contribution in [0.1, 0.15) is 52.2 Å². The van der Waals surface area contributed by atoms with Crippen molar-refractivity contribution < 1.29 is 0 Å². The Kier molecular flexibility index (Phi) is 3.74. The van der Waals surface area contributed by atoms with Gasteiger partial charge >= 0.3 is 0 Å². The molecule has 0 amide bonds. The van der Waals surface area contributed by atoms with Gasteiger partial charge in [0.25, 0.3) is 0 Å². The number of aromatic nitrogens is 1. The standard InChI is InChI=1S/C14H24N2/c1-13(2,3)12-8-11(9-16-10-12)6-7-14(4,5)15/h8-10H,6-7,15H2,1-5H3. The molecule has 0 spiro atoms. The van der Waals surface area contributed by atoms with Gasteiger partial charge in [0.15, 0.2) is 0 Å². The molecule has 0 radical (unpaired) electrons. The highest BCUT2D eigenvalue weighted by Crippen LogP contribution is 2.22. The van der Waals surface area contributed by atoms with E-state index in [0.717, 1.165) is 12.8 Å². The van der Waals surface area contributed by atoms with Crippen LogP contribution in [0.2, 0.25) is 0 Å². The van der Waals surface area contributed by atoms with E-state index < -0.39 is 0 Å². The van der Waals surface area contributed by atoms with Crippen LogP contribution in [0.4, 0.5) is 0 Å². The van der Waals surface area contributed by atoms with Gasteiger partial charge in [-0.25, -0.2) is 0 Å². The summed E-state index contributed by atoms with van der Waals surface area (Å²) in [6.07, 6.45) is 5.89. The lowest BCUT2D eigenvalue weighted by Gasteiger charge is -2.21. The van der Waals surface area contributed by atoms with Crippen molar-refractivity contribution in [1.82, 2.24) is 4.98 Å². The number of rotatable bonds is 3. The summed E-state index contributed by atoms with van der Waals surface area (Å²) in [5.74, 6) is 0. The summed E-state index contributed by atoms with van der Waals surface area (Å²) in [5.41, 5.74) is 8.63. The van der Waals surface area contributed by atoms with Gasteiger partial charge in [0.1, 0.15) is 0 Å². The van der Waals surface area contributed by atoms with Crippen molar-refractivity contribution in [2.75, 3.05) is 0 Å². The summed E-state index contributed by atoms with van der Waals surface area (Å²) < 4.78 is 0. The predicted octanol–water partition coefficient (Wildman–Crippen LogP) is 3.05. The van der Waals surface area contributed by atoms with Crippen molar-refractivity contribution in [3.05, 3.63) is 29.6 Å². The lowest BCUT2D eigenvalue weighted by Crippen LogP contribution is -2.32. The van der Waals surface area contributed by atoms with E-state index in [1.807, 2.05) is 12.4 Å². The molecule has 0 unspecified atom stereocenters. The molecule has 0 aliphatic carbocycles. The SMILES string of the molecule is CC(C)(N)CCc1cncc(C(C)(C)C)c1. The molecule has 2 nitrogen and oxygen atoms in total. The Hall–Kier alpha value is -0.890. The second kappa shape index (κ2) is 4.54. The zero-order valence-electron chi connectivity index (χ0n) is 11.2. The number of aryl methyl sites for hydroxylation is 1. The number of nitrogens with zero attached hydrogens (tertiary/aromatic N) is 1. The predicted molar refractivity (Wildman–Crippen MR) is 69.5 cm³/mol. The molecule has 1 aromatic heterocycles. The van der Waals surface area contributed by atoms with E-state index >= 15 is 0 Å². The van der Waals surface area contributed by atoms with Crippen molar-refractivity contribution in [1.29, 1.82) is 0 Å². The summed E-state index contributed by atoms with van der Waals surface area (Å²) in [6, 6.07) is 2.25. The fraction of sp³-hybridized carbons (Fsp3) is 0.643. The van der Waals surface area contributed by atoms with Gasteiger partial charge in [-0.15, -0.1) is 0 Å². The molecule has 1 aromatic rings. The monoisotopic (exact) mass is 220 g/mol. The lowest BCUT2D eigenvalue weighted by atomic mass is 9.87. The smallest absolute Gasteiger partial charge is 0.0305 e. The minimum absolute atomic E-state index is 0.0995. The first kappa shape index (κ1) is 13.2. The van der Waals surface area contributed by atoms with Gasteiger partial charge in [0.2, 0.25) is 0 Å². The third-order valence-corrected chi connectivity index (χ3v) is 2.72. The molecule has 2 heteroatoms. The van der Waals surface area contributed by atoms with Crippen LogP contribution in [0, 0.1) is 0 Å². The van der Waals surface area contributed by atoms with Crippen molar-refractivity contribution in [2.24, 2.45) is 5.73 Å². The first-order valence-electron chi connectivity index (χ1n) is 5.92. The van der Waals surface area contributed by atoms with E-state index in [2.05, 4.69) is 45.7 Å². The third kappa shape index (κ3) is 4.31. The summed E-state index contributed by atoms with van der Waals surface area (Å²) >= 11 is 0. The maximum Gasteiger partial charge on any atom is 0.0305 e. The van der Waals surface area contributed by atoms with Crippen LogP contribution in [-0.4, -0.2) is 10.5 Å². The molecule has 0 bridgehead atoms. The Morgan fingerprint density at radius 1 is 1.12 bits per heavy atom. The van der Waals surface area contributed by atoms with Gasteiger partial charge in [0, 0.05) is 17.9 Å². The highest BCUT2D eigenvalue weighted by atomic mass is 14.7. The Labute approximate surface area is 99.3 Å². The van der Waals surface area contributed by atoms with Gasteiger partial charge in [-0.2, -0.15) is 0 Å². The maximum absolute atomic E-state index is 5.99. The number of pyridine rings is 1.